The van der Waals surface area contributed by atoms with E-state index >= 15 is 0 Å². The van der Waals surface area contributed by atoms with Gasteiger partial charge in [0.05, 0.1) is 30.3 Å². The van der Waals surface area contributed by atoms with Crippen molar-refractivity contribution in [3.63, 3.8) is 0 Å². The minimum atomic E-state index is 0.0373. The number of piperazine rings is 1. The van der Waals surface area contributed by atoms with E-state index in [1.807, 2.05) is 29.2 Å². The molecule has 1 saturated heterocycles. The number of imidazole rings is 1. The number of aryl methyl sites for hydroxylation is 2. The van der Waals surface area contributed by atoms with Crippen LogP contribution < -0.4 is 4.74 Å². The van der Waals surface area contributed by atoms with Crippen molar-refractivity contribution in [3.05, 3.63) is 59.4 Å². The first-order valence-electron chi connectivity index (χ1n) is 9.63. The molecule has 1 fully saturated rings. The first-order valence-corrected chi connectivity index (χ1v) is 9.63. The predicted octanol–water partition coefficient (Wildman–Crippen LogP) is 2.85. The predicted molar refractivity (Wildman–Crippen MR) is 110 cm³/mol. The molecule has 28 heavy (non-hydrogen) atoms. The highest BCUT2D eigenvalue weighted by Crippen LogP contribution is 2.21. The van der Waals surface area contributed by atoms with Crippen LogP contribution in [0.5, 0.6) is 5.75 Å². The number of ether oxygens (including phenoxy) is 1. The molecule has 2 aromatic carbocycles. The lowest BCUT2D eigenvalue weighted by Crippen LogP contribution is -2.48. The maximum atomic E-state index is 12.9. The Hall–Kier alpha value is -2.86. The molecule has 0 N–H and O–H groups in total. The Bertz CT molecular complexity index is 1000. The summed E-state index contributed by atoms with van der Waals surface area (Å²) < 4.78 is 7.51. The number of carbonyl (C=O) groups excluding carboxylic acids is 1. The van der Waals surface area contributed by atoms with Crippen LogP contribution in [-0.2, 0) is 13.6 Å². The second kappa shape index (κ2) is 7.64. The van der Waals surface area contributed by atoms with Crippen LogP contribution in [0.15, 0.2) is 42.5 Å². The zero-order valence-electron chi connectivity index (χ0n) is 16.7. The van der Waals surface area contributed by atoms with Crippen LogP contribution in [-0.4, -0.2) is 58.5 Å². The number of rotatable bonds is 4. The maximum absolute atomic E-state index is 12.9. The normalized spacial score (nSPS) is 15.2. The minimum Gasteiger partial charge on any atom is -0.496 e. The summed E-state index contributed by atoms with van der Waals surface area (Å²) in [5.74, 6) is 1.73. The molecule has 2 heterocycles. The molecule has 6 nitrogen and oxygen atoms in total. The zero-order valence-corrected chi connectivity index (χ0v) is 16.7. The van der Waals surface area contributed by atoms with Crippen LogP contribution >= 0.6 is 0 Å². The number of methoxy groups -OCH3 is 1. The van der Waals surface area contributed by atoms with E-state index in [2.05, 4.69) is 41.6 Å². The van der Waals surface area contributed by atoms with Gasteiger partial charge in [0.1, 0.15) is 11.6 Å². The van der Waals surface area contributed by atoms with Crippen molar-refractivity contribution >= 4 is 16.9 Å². The number of hydrogen-bond acceptors (Lipinski definition) is 4. The van der Waals surface area contributed by atoms with Crippen molar-refractivity contribution in [1.82, 2.24) is 19.4 Å². The summed E-state index contributed by atoms with van der Waals surface area (Å²) in [6, 6.07) is 13.8. The van der Waals surface area contributed by atoms with Crippen molar-refractivity contribution in [3.8, 4) is 5.75 Å². The number of para-hydroxylation sites is 1. The Kier molecular flexibility index (Phi) is 5.05. The van der Waals surface area contributed by atoms with E-state index in [0.29, 0.717) is 24.4 Å². The van der Waals surface area contributed by atoms with E-state index in [1.165, 1.54) is 5.56 Å². The van der Waals surface area contributed by atoms with Gasteiger partial charge in [-0.15, -0.1) is 0 Å². The lowest BCUT2D eigenvalue weighted by Gasteiger charge is -2.34. The SMILES string of the molecule is COc1ccccc1C(=O)N1CCN(Cc2nc3cc(C)ccc3n2C)CC1. The van der Waals surface area contributed by atoms with Crippen molar-refractivity contribution in [2.45, 2.75) is 13.5 Å². The van der Waals surface area contributed by atoms with Gasteiger partial charge in [0.2, 0.25) is 0 Å². The summed E-state index contributed by atoms with van der Waals surface area (Å²) in [5.41, 5.74) is 4.05. The number of fused-ring (bicyclic) bond motifs is 1. The van der Waals surface area contributed by atoms with E-state index < -0.39 is 0 Å². The van der Waals surface area contributed by atoms with E-state index in [-0.39, 0.29) is 5.91 Å². The molecule has 0 unspecified atom stereocenters. The molecule has 0 radical (unpaired) electrons. The van der Waals surface area contributed by atoms with Gasteiger partial charge < -0.3 is 14.2 Å². The average molecular weight is 378 g/mol. The number of benzene rings is 2. The molecule has 3 aromatic rings. The van der Waals surface area contributed by atoms with Gasteiger partial charge in [-0.2, -0.15) is 0 Å². The molecule has 1 aliphatic rings. The van der Waals surface area contributed by atoms with Gasteiger partial charge in [0.15, 0.2) is 0 Å². The van der Waals surface area contributed by atoms with Gasteiger partial charge in [-0.25, -0.2) is 4.98 Å². The molecule has 146 valence electrons. The Morgan fingerprint density at radius 1 is 1.11 bits per heavy atom. The highest BCUT2D eigenvalue weighted by atomic mass is 16.5. The number of amides is 1. The first-order chi connectivity index (χ1) is 13.6. The van der Waals surface area contributed by atoms with Crippen molar-refractivity contribution < 1.29 is 9.53 Å². The molecule has 4 rings (SSSR count). The summed E-state index contributed by atoms with van der Waals surface area (Å²) in [5, 5.41) is 0. The van der Waals surface area contributed by atoms with Crippen LogP contribution in [0, 0.1) is 6.92 Å². The van der Waals surface area contributed by atoms with Gasteiger partial charge >= 0.3 is 0 Å². The second-order valence-electron chi connectivity index (χ2n) is 7.35. The van der Waals surface area contributed by atoms with Crippen LogP contribution in [0.2, 0.25) is 0 Å². The fourth-order valence-corrected chi connectivity index (χ4v) is 3.80. The summed E-state index contributed by atoms with van der Waals surface area (Å²) >= 11 is 0. The lowest BCUT2D eigenvalue weighted by molar-refractivity contribution is 0.0621. The van der Waals surface area contributed by atoms with Gasteiger partial charge in [0.25, 0.3) is 5.91 Å². The molecule has 0 atom stereocenters. The fraction of sp³-hybridized carbons (Fsp3) is 0.364. The van der Waals surface area contributed by atoms with Gasteiger partial charge in [0, 0.05) is 33.2 Å². The topological polar surface area (TPSA) is 50.6 Å². The molecule has 6 heteroatoms. The monoisotopic (exact) mass is 378 g/mol. The molecular formula is C22H26N4O2. The van der Waals surface area contributed by atoms with E-state index in [0.717, 1.165) is 36.5 Å². The van der Waals surface area contributed by atoms with E-state index in [4.69, 9.17) is 9.72 Å². The lowest BCUT2D eigenvalue weighted by atomic mass is 10.1. The average Bonchev–Trinajstić information content (AvgIpc) is 3.02. The highest BCUT2D eigenvalue weighted by molar-refractivity contribution is 5.97. The maximum Gasteiger partial charge on any atom is 0.257 e. The van der Waals surface area contributed by atoms with E-state index in [9.17, 15) is 4.79 Å². The Balaban J connectivity index is 1.42. The number of carbonyl (C=O) groups is 1. The first kappa shape index (κ1) is 18.5. The molecular weight excluding hydrogens is 352 g/mol. The summed E-state index contributed by atoms with van der Waals surface area (Å²) in [7, 11) is 3.67. The zero-order chi connectivity index (χ0) is 19.7. The third-order valence-electron chi connectivity index (χ3n) is 5.49. The number of aromatic nitrogens is 2. The molecule has 1 amide bonds. The second-order valence-corrected chi connectivity index (χ2v) is 7.35. The van der Waals surface area contributed by atoms with Gasteiger partial charge in [-0.05, 0) is 36.8 Å². The van der Waals surface area contributed by atoms with Crippen molar-refractivity contribution in [2.75, 3.05) is 33.3 Å². The third kappa shape index (κ3) is 3.47. The third-order valence-corrected chi connectivity index (χ3v) is 5.49. The van der Waals surface area contributed by atoms with Crippen molar-refractivity contribution in [2.24, 2.45) is 7.05 Å². The Labute approximate surface area is 165 Å². The van der Waals surface area contributed by atoms with Crippen LogP contribution in [0.25, 0.3) is 11.0 Å². The summed E-state index contributed by atoms with van der Waals surface area (Å²) in [6.45, 7) is 5.97. The minimum absolute atomic E-state index is 0.0373. The molecule has 1 aliphatic heterocycles. The number of hydrogen-bond donors (Lipinski definition) is 0. The van der Waals surface area contributed by atoms with Crippen LogP contribution in [0.3, 0.4) is 0 Å². The smallest absolute Gasteiger partial charge is 0.257 e. The molecule has 1 aromatic heterocycles. The summed E-state index contributed by atoms with van der Waals surface area (Å²) in [6.07, 6.45) is 0. The van der Waals surface area contributed by atoms with Gasteiger partial charge in [-0.1, -0.05) is 18.2 Å². The molecule has 0 aliphatic carbocycles. The van der Waals surface area contributed by atoms with E-state index in [1.54, 1.807) is 7.11 Å². The Morgan fingerprint density at radius 2 is 1.86 bits per heavy atom. The van der Waals surface area contributed by atoms with Crippen LogP contribution in [0.4, 0.5) is 0 Å². The molecule has 0 spiro atoms. The fourth-order valence-electron chi connectivity index (χ4n) is 3.80. The largest absolute Gasteiger partial charge is 0.496 e. The number of nitrogens with zero attached hydrogens (tertiary/aromatic N) is 4. The quantitative estimate of drug-likeness (QED) is 0.701. The van der Waals surface area contributed by atoms with Crippen molar-refractivity contribution in [1.29, 1.82) is 0 Å². The molecule has 0 bridgehead atoms. The summed E-state index contributed by atoms with van der Waals surface area (Å²) in [4.78, 5) is 21.9. The standard InChI is InChI=1S/C22H26N4O2/c1-16-8-9-19-18(14-16)23-21(24(19)2)15-25-10-12-26(13-11-25)22(27)17-6-4-5-7-20(17)28-3/h4-9,14H,10-13,15H2,1-3H3. The van der Waals surface area contributed by atoms with Crippen LogP contribution in [0.1, 0.15) is 21.7 Å². The Morgan fingerprint density at radius 3 is 2.61 bits per heavy atom. The molecule has 0 saturated carbocycles. The highest BCUT2D eigenvalue weighted by Gasteiger charge is 2.25. The van der Waals surface area contributed by atoms with Gasteiger partial charge in [-0.3, -0.25) is 9.69 Å².